The van der Waals surface area contributed by atoms with Crippen molar-refractivity contribution in [3.8, 4) is 11.3 Å². The van der Waals surface area contributed by atoms with E-state index in [0.29, 0.717) is 5.69 Å². The highest BCUT2D eigenvalue weighted by molar-refractivity contribution is 5.93. The quantitative estimate of drug-likeness (QED) is 0.644. The van der Waals surface area contributed by atoms with Crippen molar-refractivity contribution in [1.82, 2.24) is 5.16 Å². The standard InChI is InChI=1S/C14H12N2O/c1-9-3-2-4-10(7-9)14-12-6-5-11(15)8-13(12)16-17-14/h2-8H,15H2,1H3. The summed E-state index contributed by atoms with van der Waals surface area (Å²) < 4.78 is 5.41. The zero-order valence-electron chi connectivity index (χ0n) is 9.47. The first-order valence-corrected chi connectivity index (χ1v) is 5.46. The van der Waals surface area contributed by atoms with Crippen LogP contribution in [0.3, 0.4) is 0 Å². The Kier molecular flexibility index (Phi) is 2.11. The molecular formula is C14H12N2O. The topological polar surface area (TPSA) is 52.0 Å². The predicted octanol–water partition coefficient (Wildman–Crippen LogP) is 3.39. The lowest BCUT2D eigenvalue weighted by molar-refractivity contribution is 0.441. The van der Waals surface area contributed by atoms with E-state index in [9.17, 15) is 0 Å². The summed E-state index contributed by atoms with van der Waals surface area (Å²) in [6, 6.07) is 13.8. The van der Waals surface area contributed by atoms with Crippen molar-refractivity contribution in [1.29, 1.82) is 0 Å². The van der Waals surface area contributed by atoms with Crippen LogP contribution >= 0.6 is 0 Å². The first kappa shape index (κ1) is 9.90. The molecule has 3 aromatic rings. The summed E-state index contributed by atoms with van der Waals surface area (Å²) in [5, 5.41) is 5.02. The molecule has 0 bridgehead atoms. The van der Waals surface area contributed by atoms with Crippen LogP contribution in [0, 0.1) is 6.92 Å². The maximum atomic E-state index is 5.71. The van der Waals surface area contributed by atoms with Crippen LogP contribution in [0.2, 0.25) is 0 Å². The minimum atomic E-state index is 0.696. The van der Waals surface area contributed by atoms with E-state index in [1.807, 2.05) is 30.3 Å². The van der Waals surface area contributed by atoms with Gasteiger partial charge in [0.25, 0.3) is 0 Å². The zero-order chi connectivity index (χ0) is 11.8. The SMILES string of the molecule is Cc1cccc(-c2onc3cc(N)ccc23)c1. The molecule has 2 N–H and O–H groups in total. The minimum absolute atomic E-state index is 0.696. The molecule has 0 saturated carbocycles. The molecule has 0 atom stereocenters. The Balaban J connectivity index is 2.24. The summed E-state index contributed by atoms with van der Waals surface area (Å²) >= 11 is 0. The number of anilines is 1. The predicted molar refractivity (Wildman–Crippen MR) is 68.6 cm³/mol. The van der Waals surface area contributed by atoms with Crippen LogP contribution < -0.4 is 5.73 Å². The van der Waals surface area contributed by atoms with Crippen molar-refractivity contribution in [2.24, 2.45) is 0 Å². The molecule has 3 nitrogen and oxygen atoms in total. The van der Waals surface area contributed by atoms with Gasteiger partial charge in [-0.1, -0.05) is 28.9 Å². The molecule has 0 amide bonds. The molecule has 3 heteroatoms. The van der Waals surface area contributed by atoms with Crippen LogP contribution in [0.25, 0.3) is 22.2 Å². The van der Waals surface area contributed by atoms with Gasteiger partial charge in [-0.05, 0) is 31.2 Å². The Labute approximate surface area is 98.8 Å². The number of nitrogen functional groups attached to an aromatic ring is 1. The first-order chi connectivity index (χ1) is 8.24. The number of benzene rings is 2. The van der Waals surface area contributed by atoms with Crippen molar-refractivity contribution < 1.29 is 4.52 Å². The van der Waals surface area contributed by atoms with Gasteiger partial charge in [-0.2, -0.15) is 0 Å². The van der Waals surface area contributed by atoms with Gasteiger partial charge in [-0.15, -0.1) is 0 Å². The molecule has 0 aliphatic heterocycles. The van der Waals surface area contributed by atoms with E-state index >= 15 is 0 Å². The molecule has 0 saturated heterocycles. The lowest BCUT2D eigenvalue weighted by Crippen LogP contribution is -1.83. The third kappa shape index (κ3) is 1.65. The van der Waals surface area contributed by atoms with Gasteiger partial charge in [-0.25, -0.2) is 0 Å². The summed E-state index contributed by atoms with van der Waals surface area (Å²) in [7, 11) is 0. The highest BCUT2D eigenvalue weighted by atomic mass is 16.5. The van der Waals surface area contributed by atoms with Crippen molar-refractivity contribution >= 4 is 16.6 Å². The molecule has 0 radical (unpaired) electrons. The number of hydrogen-bond donors (Lipinski definition) is 1. The monoisotopic (exact) mass is 224 g/mol. The molecule has 0 aliphatic carbocycles. The average Bonchev–Trinajstić information content (AvgIpc) is 2.71. The fraction of sp³-hybridized carbons (Fsp3) is 0.0714. The number of nitrogens with two attached hydrogens (primary N) is 1. The van der Waals surface area contributed by atoms with E-state index in [1.54, 1.807) is 0 Å². The van der Waals surface area contributed by atoms with Gasteiger partial charge < -0.3 is 10.3 Å². The number of rotatable bonds is 1. The van der Waals surface area contributed by atoms with Crippen LogP contribution in [-0.4, -0.2) is 5.16 Å². The summed E-state index contributed by atoms with van der Waals surface area (Å²) in [6.45, 7) is 2.06. The van der Waals surface area contributed by atoms with Crippen molar-refractivity contribution in [3.05, 3.63) is 48.0 Å². The van der Waals surface area contributed by atoms with Gasteiger partial charge in [0.15, 0.2) is 5.76 Å². The van der Waals surface area contributed by atoms with Crippen molar-refractivity contribution in [3.63, 3.8) is 0 Å². The third-order valence-electron chi connectivity index (χ3n) is 2.78. The van der Waals surface area contributed by atoms with Gasteiger partial charge in [0.1, 0.15) is 5.52 Å². The molecule has 3 rings (SSSR count). The Hall–Kier alpha value is -2.29. The molecule has 0 unspecified atom stereocenters. The van der Waals surface area contributed by atoms with E-state index in [1.165, 1.54) is 5.56 Å². The maximum Gasteiger partial charge on any atom is 0.174 e. The van der Waals surface area contributed by atoms with Crippen LogP contribution in [0.4, 0.5) is 5.69 Å². The Morgan fingerprint density at radius 3 is 2.82 bits per heavy atom. The second kappa shape index (κ2) is 3.63. The Morgan fingerprint density at radius 1 is 1.12 bits per heavy atom. The van der Waals surface area contributed by atoms with Gasteiger partial charge in [-0.3, -0.25) is 0 Å². The first-order valence-electron chi connectivity index (χ1n) is 5.46. The van der Waals surface area contributed by atoms with E-state index in [2.05, 4.69) is 24.2 Å². The smallest absolute Gasteiger partial charge is 0.174 e. The van der Waals surface area contributed by atoms with E-state index in [0.717, 1.165) is 22.2 Å². The van der Waals surface area contributed by atoms with E-state index < -0.39 is 0 Å². The lowest BCUT2D eigenvalue weighted by atomic mass is 10.1. The van der Waals surface area contributed by atoms with Gasteiger partial charge in [0.05, 0.1) is 0 Å². The number of hydrogen-bond acceptors (Lipinski definition) is 3. The molecule has 0 fully saturated rings. The molecule has 17 heavy (non-hydrogen) atoms. The van der Waals surface area contributed by atoms with Crippen molar-refractivity contribution in [2.45, 2.75) is 6.92 Å². The zero-order valence-corrected chi connectivity index (χ0v) is 9.47. The molecule has 0 spiro atoms. The van der Waals surface area contributed by atoms with Crippen LogP contribution in [0.15, 0.2) is 47.0 Å². The van der Waals surface area contributed by atoms with E-state index in [-0.39, 0.29) is 0 Å². The molecular weight excluding hydrogens is 212 g/mol. The largest absolute Gasteiger partial charge is 0.399 e. The molecule has 2 aromatic carbocycles. The number of aryl methyl sites for hydroxylation is 1. The van der Waals surface area contributed by atoms with Crippen LogP contribution in [-0.2, 0) is 0 Å². The number of fused-ring (bicyclic) bond motifs is 1. The third-order valence-corrected chi connectivity index (χ3v) is 2.78. The fourth-order valence-electron chi connectivity index (χ4n) is 1.95. The Bertz CT molecular complexity index is 686. The highest BCUT2D eigenvalue weighted by Crippen LogP contribution is 2.29. The van der Waals surface area contributed by atoms with E-state index in [4.69, 9.17) is 10.3 Å². The van der Waals surface area contributed by atoms with Gasteiger partial charge in [0.2, 0.25) is 0 Å². The summed E-state index contributed by atoms with van der Waals surface area (Å²) in [5.41, 5.74) is 9.44. The normalized spacial score (nSPS) is 10.9. The van der Waals surface area contributed by atoms with Crippen molar-refractivity contribution in [2.75, 3.05) is 5.73 Å². The molecule has 84 valence electrons. The number of nitrogens with zero attached hydrogens (tertiary/aromatic N) is 1. The number of aromatic nitrogens is 1. The minimum Gasteiger partial charge on any atom is -0.399 e. The van der Waals surface area contributed by atoms with Gasteiger partial charge >= 0.3 is 0 Å². The second-order valence-electron chi connectivity index (χ2n) is 4.16. The average molecular weight is 224 g/mol. The molecule has 1 aromatic heterocycles. The summed E-state index contributed by atoms with van der Waals surface area (Å²) in [5.74, 6) is 0.795. The Morgan fingerprint density at radius 2 is 2.00 bits per heavy atom. The summed E-state index contributed by atoms with van der Waals surface area (Å²) in [4.78, 5) is 0. The molecule has 1 heterocycles. The van der Waals surface area contributed by atoms with Crippen LogP contribution in [0.1, 0.15) is 5.56 Å². The fourth-order valence-corrected chi connectivity index (χ4v) is 1.95. The lowest BCUT2D eigenvalue weighted by Gasteiger charge is -1.98. The van der Waals surface area contributed by atoms with Crippen LogP contribution in [0.5, 0.6) is 0 Å². The summed E-state index contributed by atoms with van der Waals surface area (Å²) in [6.07, 6.45) is 0. The maximum absolute atomic E-state index is 5.71. The second-order valence-corrected chi connectivity index (χ2v) is 4.16. The highest BCUT2D eigenvalue weighted by Gasteiger charge is 2.10. The molecule has 0 aliphatic rings. The van der Waals surface area contributed by atoms with Gasteiger partial charge in [0, 0.05) is 16.6 Å².